The van der Waals surface area contributed by atoms with Crippen LogP contribution in [0.3, 0.4) is 0 Å². The number of rotatable bonds is 7. The quantitative estimate of drug-likeness (QED) is 0.413. The Morgan fingerprint density at radius 1 is 1.25 bits per heavy atom. The number of β-lactam (4-membered cyclic amide) rings is 1. The van der Waals surface area contributed by atoms with Gasteiger partial charge in [-0.3, -0.25) is 14.4 Å². The van der Waals surface area contributed by atoms with E-state index < -0.39 is 30.3 Å². The first-order valence-corrected chi connectivity index (χ1v) is 9.63. The number of nitrogens with zero attached hydrogens (tertiary/aromatic N) is 1. The number of ether oxygens (including phenoxy) is 3. The standard InChI is InChI=1S/C19H22N2O6S/c1-11(22)27-9-13-10-28-19-15(25-2)18(24)21(19)14(13)16(23)20-17(26-3)12-7-5-4-6-8-12/h4-8,10,14-15,17,19H,9H2,1-3H3,(H,20,23)/t14?,15-,17?,19-/m0/s1. The van der Waals surface area contributed by atoms with Gasteiger partial charge in [-0.15, -0.1) is 11.8 Å². The first-order chi connectivity index (χ1) is 13.5. The van der Waals surface area contributed by atoms with Crippen LogP contribution in [0.25, 0.3) is 0 Å². The minimum absolute atomic E-state index is 0.0719. The molecule has 2 aliphatic rings. The Labute approximate surface area is 167 Å². The maximum atomic E-state index is 13.1. The number of hydrogen-bond acceptors (Lipinski definition) is 7. The minimum atomic E-state index is -0.897. The number of amides is 2. The highest BCUT2D eigenvalue weighted by Crippen LogP contribution is 2.41. The Balaban J connectivity index is 1.82. The molecule has 2 amide bonds. The molecule has 2 aliphatic heterocycles. The Morgan fingerprint density at radius 3 is 2.57 bits per heavy atom. The average molecular weight is 406 g/mol. The van der Waals surface area contributed by atoms with Crippen molar-refractivity contribution in [3.63, 3.8) is 0 Å². The number of thioether (sulfide) groups is 1. The Kier molecular flexibility index (Phi) is 6.38. The monoisotopic (exact) mass is 406 g/mol. The molecule has 1 aromatic rings. The highest BCUT2D eigenvalue weighted by atomic mass is 32.2. The molecule has 1 aromatic carbocycles. The van der Waals surface area contributed by atoms with Crippen molar-refractivity contribution in [1.29, 1.82) is 0 Å². The summed E-state index contributed by atoms with van der Waals surface area (Å²) in [5.74, 6) is -1.15. The van der Waals surface area contributed by atoms with Gasteiger partial charge >= 0.3 is 5.97 Å². The van der Waals surface area contributed by atoms with E-state index in [-0.39, 0.29) is 17.9 Å². The molecule has 1 fully saturated rings. The number of benzene rings is 1. The van der Waals surface area contributed by atoms with E-state index in [1.165, 1.54) is 37.8 Å². The third-order valence-electron chi connectivity index (χ3n) is 4.58. The lowest BCUT2D eigenvalue weighted by molar-refractivity contribution is -0.169. The van der Waals surface area contributed by atoms with E-state index in [0.717, 1.165) is 5.56 Å². The van der Waals surface area contributed by atoms with Crippen LogP contribution >= 0.6 is 11.8 Å². The van der Waals surface area contributed by atoms with Crippen molar-refractivity contribution in [3.05, 3.63) is 46.9 Å². The maximum absolute atomic E-state index is 13.1. The smallest absolute Gasteiger partial charge is 0.302 e. The summed E-state index contributed by atoms with van der Waals surface area (Å²) in [6, 6.07) is 8.32. The van der Waals surface area contributed by atoms with Gasteiger partial charge in [0, 0.05) is 32.3 Å². The summed E-state index contributed by atoms with van der Waals surface area (Å²) in [4.78, 5) is 38.3. The van der Waals surface area contributed by atoms with Crippen LogP contribution in [-0.4, -0.2) is 61.0 Å². The normalized spacial score (nSPS) is 24.5. The summed E-state index contributed by atoms with van der Waals surface area (Å²) in [6.45, 7) is 1.22. The first kappa shape index (κ1) is 20.4. The van der Waals surface area contributed by atoms with Crippen molar-refractivity contribution in [2.75, 3.05) is 20.8 Å². The van der Waals surface area contributed by atoms with E-state index in [4.69, 9.17) is 14.2 Å². The molecule has 28 heavy (non-hydrogen) atoms. The lowest BCUT2D eigenvalue weighted by Crippen LogP contribution is -2.71. The number of fused-ring (bicyclic) bond motifs is 1. The third kappa shape index (κ3) is 3.91. The summed E-state index contributed by atoms with van der Waals surface area (Å²) >= 11 is 1.37. The fourth-order valence-electron chi connectivity index (χ4n) is 3.19. The molecule has 0 spiro atoms. The zero-order valence-corrected chi connectivity index (χ0v) is 16.6. The van der Waals surface area contributed by atoms with Gasteiger partial charge in [-0.2, -0.15) is 0 Å². The molecule has 0 saturated carbocycles. The van der Waals surface area contributed by atoms with E-state index in [9.17, 15) is 14.4 Å². The van der Waals surface area contributed by atoms with Crippen LogP contribution in [0.15, 0.2) is 41.3 Å². The number of methoxy groups -OCH3 is 2. The molecule has 0 aliphatic carbocycles. The topological polar surface area (TPSA) is 94.2 Å². The van der Waals surface area contributed by atoms with Gasteiger partial charge in [0.05, 0.1) is 0 Å². The maximum Gasteiger partial charge on any atom is 0.302 e. The fourth-order valence-corrected chi connectivity index (χ4v) is 4.43. The average Bonchev–Trinajstić information content (AvgIpc) is 2.70. The summed E-state index contributed by atoms with van der Waals surface area (Å²) in [6.07, 6.45) is -1.27. The van der Waals surface area contributed by atoms with Crippen molar-refractivity contribution >= 4 is 29.5 Å². The second-order valence-electron chi connectivity index (χ2n) is 6.34. The van der Waals surface area contributed by atoms with Crippen molar-refractivity contribution in [2.45, 2.75) is 30.7 Å². The molecule has 1 N–H and O–H groups in total. The largest absolute Gasteiger partial charge is 0.461 e. The molecule has 2 unspecified atom stereocenters. The van der Waals surface area contributed by atoms with Crippen molar-refractivity contribution in [2.24, 2.45) is 0 Å². The molecule has 1 saturated heterocycles. The zero-order valence-electron chi connectivity index (χ0n) is 15.8. The van der Waals surface area contributed by atoms with Crippen LogP contribution in [0.5, 0.6) is 0 Å². The van der Waals surface area contributed by atoms with E-state index in [0.29, 0.717) is 5.57 Å². The molecule has 150 valence electrons. The van der Waals surface area contributed by atoms with Crippen LogP contribution in [-0.2, 0) is 28.6 Å². The number of carbonyl (C=O) groups is 3. The lowest BCUT2D eigenvalue weighted by Gasteiger charge is -2.51. The van der Waals surface area contributed by atoms with Crippen LogP contribution in [0.4, 0.5) is 0 Å². The predicted molar refractivity (Wildman–Crippen MR) is 102 cm³/mol. The van der Waals surface area contributed by atoms with Gasteiger partial charge in [-0.25, -0.2) is 0 Å². The molecule has 0 radical (unpaired) electrons. The molecule has 4 atom stereocenters. The van der Waals surface area contributed by atoms with Crippen molar-refractivity contribution in [1.82, 2.24) is 10.2 Å². The Bertz CT molecular complexity index is 784. The van der Waals surface area contributed by atoms with Crippen LogP contribution < -0.4 is 5.32 Å². The van der Waals surface area contributed by atoms with E-state index in [2.05, 4.69) is 5.32 Å². The Morgan fingerprint density at radius 2 is 1.96 bits per heavy atom. The molecule has 3 rings (SSSR count). The molecule has 0 bridgehead atoms. The summed E-state index contributed by atoms with van der Waals surface area (Å²) in [7, 11) is 2.95. The Hall–Kier alpha value is -2.36. The van der Waals surface area contributed by atoms with Gasteiger partial charge in [0.1, 0.15) is 18.0 Å². The second-order valence-corrected chi connectivity index (χ2v) is 7.33. The number of hydrogen-bond donors (Lipinski definition) is 1. The van der Waals surface area contributed by atoms with E-state index >= 15 is 0 Å². The number of esters is 1. The molecule has 8 nitrogen and oxygen atoms in total. The lowest BCUT2D eigenvalue weighted by atomic mass is 9.99. The molecule has 9 heteroatoms. The zero-order chi connectivity index (χ0) is 20.3. The number of carbonyl (C=O) groups excluding carboxylic acids is 3. The first-order valence-electron chi connectivity index (χ1n) is 8.68. The SMILES string of the molecule is COC(NC(=O)C1C(COC(C)=O)=CS[C@H]2[C@@H](OC)C(=O)N12)c1ccccc1. The molecular formula is C19H22N2O6S. The van der Waals surface area contributed by atoms with Gasteiger partial charge in [-0.1, -0.05) is 30.3 Å². The van der Waals surface area contributed by atoms with Crippen LogP contribution in [0, 0.1) is 0 Å². The molecule has 0 aromatic heterocycles. The molecular weight excluding hydrogens is 384 g/mol. The molecule has 2 heterocycles. The van der Waals surface area contributed by atoms with Gasteiger partial charge < -0.3 is 24.4 Å². The van der Waals surface area contributed by atoms with Gasteiger partial charge in [0.2, 0.25) is 5.91 Å². The third-order valence-corrected chi connectivity index (χ3v) is 5.77. The van der Waals surface area contributed by atoms with E-state index in [1.54, 1.807) is 5.41 Å². The van der Waals surface area contributed by atoms with Crippen molar-refractivity contribution < 1.29 is 28.6 Å². The van der Waals surface area contributed by atoms with Crippen molar-refractivity contribution in [3.8, 4) is 0 Å². The highest BCUT2D eigenvalue weighted by Gasteiger charge is 2.55. The predicted octanol–water partition coefficient (Wildman–Crippen LogP) is 1.19. The van der Waals surface area contributed by atoms with E-state index in [1.807, 2.05) is 30.3 Å². The fraction of sp³-hybridized carbons (Fsp3) is 0.421. The summed E-state index contributed by atoms with van der Waals surface area (Å²) < 4.78 is 15.7. The van der Waals surface area contributed by atoms with Gasteiger partial charge in [0.25, 0.3) is 5.91 Å². The van der Waals surface area contributed by atoms with Crippen LogP contribution in [0.2, 0.25) is 0 Å². The van der Waals surface area contributed by atoms with Crippen LogP contribution in [0.1, 0.15) is 18.7 Å². The summed E-state index contributed by atoms with van der Waals surface area (Å²) in [5.41, 5.74) is 1.30. The summed E-state index contributed by atoms with van der Waals surface area (Å²) in [5, 5.41) is 4.28. The second kappa shape index (κ2) is 8.76. The highest BCUT2D eigenvalue weighted by molar-refractivity contribution is 8.02. The van der Waals surface area contributed by atoms with Gasteiger partial charge in [0.15, 0.2) is 12.3 Å². The van der Waals surface area contributed by atoms with Gasteiger partial charge in [-0.05, 0) is 5.41 Å². The minimum Gasteiger partial charge on any atom is -0.461 e. The number of nitrogens with one attached hydrogen (secondary N) is 1.